The molecule has 0 saturated heterocycles. The Morgan fingerprint density at radius 2 is 2.15 bits per heavy atom. The average molecular weight is 180 g/mol. The van der Waals surface area contributed by atoms with E-state index in [9.17, 15) is 4.79 Å². The van der Waals surface area contributed by atoms with Gasteiger partial charge in [-0.1, -0.05) is 6.07 Å². The fourth-order valence-corrected chi connectivity index (χ4v) is 1.02. The highest BCUT2D eigenvalue weighted by atomic mass is 16.2. The standard InChI is InChI=1S/C9H13N3O/c1-12(2)8-5-3-4-7(6-8)11-9(10)13/h3-6H,1-2H3,(H3,10,11,13)/p+1. The van der Waals surface area contributed by atoms with Crippen LogP contribution in [0.2, 0.25) is 0 Å². The third-order valence-electron chi connectivity index (χ3n) is 1.65. The summed E-state index contributed by atoms with van der Waals surface area (Å²) in [6.07, 6.45) is 0. The molecule has 0 radical (unpaired) electrons. The molecule has 13 heavy (non-hydrogen) atoms. The zero-order valence-corrected chi connectivity index (χ0v) is 7.87. The highest BCUT2D eigenvalue weighted by molar-refractivity contribution is 5.82. The molecule has 0 bridgehead atoms. The Balaban J connectivity index is 2.85. The highest BCUT2D eigenvalue weighted by Gasteiger charge is 2.00. The van der Waals surface area contributed by atoms with E-state index in [-0.39, 0.29) is 6.03 Å². The fraction of sp³-hybridized carbons (Fsp3) is 0.222. The summed E-state index contributed by atoms with van der Waals surface area (Å²) in [4.78, 5) is 12.6. The predicted octanol–water partition coefficient (Wildman–Crippen LogP) is 0.526. The molecular formula is C9H14N3O+. The van der Waals surface area contributed by atoms with Crippen LogP contribution in [0.4, 0.5) is 16.2 Å². The topological polar surface area (TPSA) is 60.0 Å². The summed E-state index contributed by atoms with van der Waals surface area (Å²) in [7, 11) is 3.90. The first kappa shape index (κ1) is 9.54. The number of rotatable bonds is 2. The summed E-state index contributed by atoms with van der Waals surface area (Å²) < 4.78 is 0. The quantitative estimate of drug-likeness (QED) is 0.697. The molecule has 0 aliphatic carbocycles. The number of anilines is 2. The third-order valence-corrected chi connectivity index (χ3v) is 1.65. The van der Waals surface area contributed by atoms with Crippen molar-refractivity contribution in [2.45, 2.75) is 0 Å². The van der Waals surface area contributed by atoms with E-state index in [2.05, 4.69) is 11.1 Å². The van der Waals surface area contributed by atoms with E-state index < -0.39 is 0 Å². The van der Waals surface area contributed by atoms with E-state index in [1.165, 1.54) is 0 Å². The summed E-state index contributed by atoms with van der Waals surface area (Å²) in [5.74, 6) is 0. The molecule has 0 unspecified atom stereocenters. The molecule has 0 aliphatic rings. The lowest BCUT2D eigenvalue weighted by Crippen LogP contribution is -2.59. The molecule has 0 fully saturated rings. The first-order valence-electron chi connectivity index (χ1n) is 4.00. The Morgan fingerprint density at radius 1 is 1.46 bits per heavy atom. The van der Waals surface area contributed by atoms with Crippen LogP contribution in [0.15, 0.2) is 24.3 Å². The van der Waals surface area contributed by atoms with Crippen LogP contribution < -0.4 is 16.0 Å². The van der Waals surface area contributed by atoms with Crippen molar-refractivity contribution in [2.75, 3.05) is 24.3 Å². The predicted molar refractivity (Wildman–Crippen MR) is 52.7 cm³/mol. The van der Waals surface area contributed by atoms with Crippen molar-refractivity contribution in [3.63, 3.8) is 0 Å². The van der Waals surface area contributed by atoms with Gasteiger partial charge in [-0.15, -0.1) is 0 Å². The number of nitrogens with zero attached hydrogens (tertiary/aromatic N) is 1. The van der Waals surface area contributed by atoms with Crippen LogP contribution in [0, 0.1) is 0 Å². The Bertz CT molecular complexity index is 309. The molecule has 0 aliphatic heterocycles. The number of benzene rings is 1. The molecule has 4 heteroatoms. The van der Waals surface area contributed by atoms with Crippen molar-refractivity contribution in [3.8, 4) is 0 Å². The zero-order chi connectivity index (χ0) is 9.84. The van der Waals surface area contributed by atoms with E-state index in [1.54, 1.807) is 0 Å². The maximum Gasteiger partial charge on any atom is 0.416 e. The van der Waals surface area contributed by atoms with Gasteiger partial charge in [0.05, 0.1) is 0 Å². The molecule has 1 aromatic carbocycles. The smallest absolute Gasteiger partial charge is 0.378 e. The van der Waals surface area contributed by atoms with Crippen molar-refractivity contribution >= 4 is 17.4 Å². The van der Waals surface area contributed by atoms with Gasteiger partial charge in [-0.05, 0) is 18.2 Å². The van der Waals surface area contributed by atoms with E-state index in [0.717, 1.165) is 11.4 Å². The van der Waals surface area contributed by atoms with Crippen molar-refractivity contribution in [3.05, 3.63) is 24.3 Å². The number of urea groups is 1. The minimum atomic E-state index is -0.295. The number of carbonyl (C=O) groups excluding carboxylic acids is 1. The van der Waals surface area contributed by atoms with Crippen LogP contribution in [0.3, 0.4) is 0 Å². The van der Waals surface area contributed by atoms with Crippen LogP contribution in [-0.2, 0) is 0 Å². The SMILES string of the molecule is CN(C)c1cccc(NC([NH3+])=O)c1. The van der Waals surface area contributed by atoms with Gasteiger partial charge >= 0.3 is 6.03 Å². The second-order valence-electron chi connectivity index (χ2n) is 2.99. The molecule has 1 rings (SSSR count). The summed E-state index contributed by atoms with van der Waals surface area (Å²) in [5.41, 5.74) is 5.06. The lowest BCUT2D eigenvalue weighted by molar-refractivity contribution is -0.242. The molecule has 2 amide bonds. The Kier molecular flexibility index (Phi) is 2.87. The van der Waals surface area contributed by atoms with Crippen LogP contribution in [-0.4, -0.2) is 20.1 Å². The molecule has 4 nitrogen and oxygen atoms in total. The maximum atomic E-state index is 10.7. The molecule has 1 aromatic rings. The summed E-state index contributed by atoms with van der Waals surface area (Å²) in [5, 5.41) is 2.62. The van der Waals surface area contributed by atoms with Crippen molar-refractivity contribution < 1.29 is 10.5 Å². The lowest BCUT2D eigenvalue weighted by Gasteiger charge is -2.12. The first-order valence-corrected chi connectivity index (χ1v) is 4.00. The Labute approximate surface area is 77.3 Å². The zero-order valence-electron chi connectivity index (χ0n) is 7.87. The molecule has 0 saturated carbocycles. The monoisotopic (exact) mass is 180 g/mol. The van der Waals surface area contributed by atoms with Gasteiger partial charge in [0, 0.05) is 25.5 Å². The van der Waals surface area contributed by atoms with Gasteiger partial charge in [0.15, 0.2) is 0 Å². The van der Waals surface area contributed by atoms with Gasteiger partial charge in [0.2, 0.25) is 0 Å². The van der Waals surface area contributed by atoms with Gasteiger partial charge in [0.1, 0.15) is 0 Å². The van der Waals surface area contributed by atoms with E-state index in [4.69, 9.17) is 0 Å². The van der Waals surface area contributed by atoms with E-state index in [1.807, 2.05) is 43.3 Å². The van der Waals surface area contributed by atoms with Crippen molar-refractivity contribution in [2.24, 2.45) is 0 Å². The van der Waals surface area contributed by atoms with Crippen LogP contribution in [0.25, 0.3) is 0 Å². The van der Waals surface area contributed by atoms with E-state index in [0.29, 0.717) is 0 Å². The number of quaternary nitrogens is 1. The number of carbonyl (C=O) groups is 1. The van der Waals surface area contributed by atoms with Crippen LogP contribution >= 0.6 is 0 Å². The molecular weight excluding hydrogens is 166 g/mol. The maximum absolute atomic E-state index is 10.7. The second-order valence-corrected chi connectivity index (χ2v) is 2.99. The number of hydrogen-bond donors (Lipinski definition) is 2. The molecule has 0 aromatic heterocycles. The van der Waals surface area contributed by atoms with Gasteiger partial charge in [-0.3, -0.25) is 11.1 Å². The minimum absolute atomic E-state index is 0.295. The minimum Gasteiger partial charge on any atom is -0.378 e. The van der Waals surface area contributed by atoms with Crippen molar-refractivity contribution in [1.29, 1.82) is 0 Å². The normalized spacial score (nSPS) is 9.46. The largest absolute Gasteiger partial charge is 0.416 e. The Hall–Kier alpha value is -1.55. The number of hydrogen-bond acceptors (Lipinski definition) is 2. The average Bonchev–Trinajstić information content (AvgIpc) is 2.03. The number of amides is 2. The van der Waals surface area contributed by atoms with Crippen molar-refractivity contribution in [1.82, 2.24) is 0 Å². The second kappa shape index (κ2) is 3.91. The highest BCUT2D eigenvalue weighted by Crippen LogP contribution is 2.16. The first-order chi connectivity index (χ1) is 6.09. The summed E-state index contributed by atoms with van der Waals surface area (Å²) in [6, 6.07) is 7.29. The molecule has 0 atom stereocenters. The van der Waals surface area contributed by atoms with Gasteiger partial charge in [-0.2, -0.15) is 0 Å². The molecule has 0 heterocycles. The van der Waals surface area contributed by atoms with Gasteiger partial charge in [0.25, 0.3) is 0 Å². The molecule has 70 valence electrons. The fourth-order valence-electron chi connectivity index (χ4n) is 1.02. The summed E-state index contributed by atoms with van der Waals surface area (Å²) in [6.45, 7) is 0. The van der Waals surface area contributed by atoms with Crippen LogP contribution in [0.1, 0.15) is 0 Å². The van der Waals surface area contributed by atoms with Gasteiger partial charge in [-0.25, -0.2) is 4.79 Å². The molecule has 0 spiro atoms. The Morgan fingerprint density at radius 3 is 2.69 bits per heavy atom. The molecule has 4 N–H and O–H groups in total. The number of nitrogens with one attached hydrogen (secondary N) is 1. The van der Waals surface area contributed by atoms with E-state index >= 15 is 0 Å². The third kappa shape index (κ3) is 2.76. The van der Waals surface area contributed by atoms with Gasteiger partial charge < -0.3 is 4.90 Å². The van der Waals surface area contributed by atoms with Crippen LogP contribution in [0.5, 0.6) is 0 Å². The summed E-state index contributed by atoms with van der Waals surface area (Å²) >= 11 is 0. The lowest BCUT2D eigenvalue weighted by atomic mass is 10.2.